The lowest BCUT2D eigenvalue weighted by Crippen LogP contribution is -2.30. The van der Waals surface area contributed by atoms with Gasteiger partial charge in [0.15, 0.2) is 5.11 Å². The summed E-state index contributed by atoms with van der Waals surface area (Å²) in [5, 5.41) is 3.65. The third-order valence-electron chi connectivity index (χ3n) is 5.26. The van der Waals surface area contributed by atoms with E-state index in [2.05, 4.69) is 10.3 Å². The Balaban J connectivity index is 1.61. The van der Waals surface area contributed by atoms with Gasteiger partial charge in [0, 0.05) is 11.8 Å². The van der Waals surface area contributed by atoms with E-state index >= 15 is 0 Å². The molecule has 4 aromatic rings. The molecule has 7 heteroatoms. The zero-order valence-electron chi connectivity index (χ0n) is 16.2. The van der Waals surface area contributed by atoms with Gasteiger partial charge in [-0.2, -0.15) is 0 Å². The summed E-state index contributed by atoms with van der Waals surface area (Å²) >= 11 is 5.59. The number of para-hydroxylation sites is 1. The van der Waals surface area contributed by atoms with Gasteiger partial charge in [-0.05, 0) is 72.9 Å². The van der Waals surface area contributed by atoms with E-state index in [1.165, 1.54) is 18.2 Å². The first-order chi connectivity index (χ1) is 15.1. The van der Waals surface area contributed by atoms with Crippen LogP contribution < -0.4 is 10.2 Å². The van der Waals surface area contributed by atoms with Gasteiger partial charge in [-0.3, -0.25) is 4.98 Å². The lowest BCUT2D eigenvalue weighted by Gasteiger charge is -2.26. The number of pyridine rings is 1. The van der Waals surface area contributed by atoms with Crippen LogP contribution in [0, 0.1) is 11.6 Å². The lowest BCUT2D eigenvalue weighted by molar-refractivity contribution is 0.437. The zero-order valence-corrected chi connectivity index (χ0v) is 17.0. The van der Waals surface area contributed by atoms with Crippen LogP contribution in [0.3, 0.4) is 0 Å². The molecule has 5 rings (SSSR count). The highest BCUT2D eigenvalue weighted by molar-refractivity contribution is 7.80. The highest BCUT2D eigenvalue weighted by Crippen LogP contribution is 2.43. The Hall–Kier alpha value is -3.58. The average molecular weight is 433 g/mol. The molecular formula is C24H17F2N3OS. The van der Waals surface area contributed by atoms with Crippen molar-refractivity contribution >= 4 is 23.0 Å². The minimum absolute atomic E-state index is 0.318. The molecule has 1 fully saturated rings. The molecule has 1 saturated heterocycles. The summed E-state index contributed by atoms with van der Waals surface area (Å²) < 4.78 is 34.2. The van der Waals surface area contributed by atoms with E-state index in [4.69, 9.17) is 16.6 Å². The molecule has 0 bridgehead atoms. The van der Waals surface area contributed by atoms with Crippen LogP contribution in [0.1, 0.15) is 23.5 Å². The largest absolute Gasteiger partial charge is 0.459 e. The van der Waals surface area contributed by atoms with E-state index in [1.54, 1.807) is 41.4 Å². The molecule has 154 valence electrons. The van der Waals surface area contributed by atoms with Crippen molar-refractivity contribution in [2.45, 2.75) is 12.1 Å². The van der Waals surface area contributed by atoms with Crippen molar-refractivity contribution in [3.63, 3.8) is 0 Å². The number of rotatable bonds is 4. The molecule has 0 unspecified atom stereocenters. The summed E-state index contributed by atoms with van der Waals surface area (Å²) in [5.74, 6) is 0.470. The summed E-state index contributed by atoms with van der Waals surface area (Å²) in [5.41, 5.74) is 1.85. The molecule has 0 aliphatic carbocycles. The fourth-order valence-electron chi connectivity index (χ4n) is 3.83. The smallest absolute Gasteiger partial charge is 0.174 e. The Morgan fingerprint density at radius 3 is 2.42 bits per heavy atom. The number of benzene rings is 2. The molecule has 0 spiro atoms. The van der Waals surface area contributed by atoms with Crippen LogP contribution in [0.15, 0.2) is 89.5 Å². The van der Waals surface area contributed by atoms with Crippen molar-refractivity contribution in [3.8, 4) is 11.3 Å². The van der Waals surface area contributed by atoms with Crippen molar-refractivity contribution in [2.75, 3.05) is 4.90 Å². The maximum absolute atomic E-state index is 14.7. The minimum Gasteiger partial charge on any atom is -0.459 e. The van der Waals surface area contributed by atoms with Crippen LogP contribution in [-0.4, -0.2) is 10.1 Å². The molecule has 31 heavy (non-hydrogen) atoms. The fraction of sp³-hybridized carbons (Fsp3) is 0.0833. The predicted octanol–water partition coefficient (Wildman–Crippen LogP) is 5.80. The number of anilines is 1. The van der Waals surface area contributed by atoms with Crippen LogP contribution in [0.4, 0.5) is 14.5 Å². The highest BCUT2D eigenvalue weighted by atomic mass is 32.1. The standard InChI is InChI=1S/C24H17F2N3OS/c25-16-10-8-15(9-11-16)20-12-13-21(30-20)23-22(18-6-3-4-14-27-18)28-24(31)29(23)19-7-2-1-5-17(19)26/h1-14,22-23H,(H,28,31)/t22-,23+/m1/s1. The van der Waals surface area contributed by atoms with Gasteiger partial charge in [0.1, 0.15) is 29.2 Å². The van der Waals surface area contributed by atoms with E-state index < -0.39 is 6.04 Å². The first-order valence-electron chi connectivity index (χ1n) is 9.72. The zero-order chi connectivity index (χ0) is 21.4. The monoisotopic (exact) mass is 433 g/mol. The van der Waals surface area contributed by atoms with Crippen LogP contribution in [0.5, 0.6) is 0 Å². The Labute approximate surface area is 183 Å². The number of halogens is 2. The molecule has 1 N–H and O–H groups in total. The summed E-state index contributed by atoms with van der Waals surface area (Å²) in [6, 6.07) is 21.0. The Bertz CT molecular complexity index is 1230. The first kappa shape index (κ1) is 19.4. The number of nitrogens with one attached hydrogen (secondary N) is 1. The number of hydrogen-bond acceptors (Lipinski definition) is 3. The van der Waals surface area contributed by atoms with Crippen molar-refractivity contribution in [1.82, 2.24) is 10.3 Å². The van der Waals surface area contributed by atoms with Crippen molar-refractivity contribution in [1.29, 1.82) is 0 Å². The molecule has 2 aromatic heterocycles. The molecule has 0 amide bonds. The second-order valence-corrected chi connectivity index (χ2v) is 7.54. The normalized spacial score (nSPS) is 18.3. The topological polar surface area (TPSA) is 41.3 Å². The molecule has 0 saturated carbocycles. The highest BCUT2D eigenvalue weighted by Gasteiger charge is 2.43. The number of nitrogens with zero attached hydrogens (tertiary/aromatic N) is 2. The lowest BCUT2D eigenvalue weighted by atomic mass is 10.0. The molecule has 1 aliphatic heterocycles. The van der Waals surface area contributed by atoms with Gasteiger partial charge in [0.2, 0.25) is 0 Å². The van der Waals surface area contributed by atoms with Gasteiger partial charge in [-0.25, -0.2) is 8.78 Å². The summed E-state index contributed by atoms with van der Waals surface area (Å²) in [6.45, 7) is 0. The van der Waals surface area contributed by atoms with Gasteiger partial charge >= 0.3 is 0 Å². The first-order valence-corrected chi connectivity index (χ1v) is 10.1. The quantitative estimate of drug-likeness (QED) is 0.412. The summed E-state index contributed by atoms with van der Waals surface area (Å²) in [7, 11) is 0. The van der Waals surface area contributed by atoms with Crippen LogP contribution in [-0.2, 0) is 0 Å². The minimum atomic E-state index is -0.464. The Morgan fingerprint density at radius 1 is 0.903 bits per heavy atom. The number of thiocarbonyl (C=S) groups is 1. The van der Waals surface area contributed by atoms with E-state index in [1.807, 2.05) is 30.3 Å². The van der Waals surface area contributed by atoms with Crippen molar-refractivity contribution in [3.05, 3.63) is 108 Å². The third-order valence-corrected chi connectivity index (χ3v) is 5.57. The maximum Gasteiger partial charge on any atom is 0.174 e. The second kappa shape index (κ2) is 7.92. The van der Waals surface area contributed by atoms with Gasteiger partial charge < -0.3 is 14.6 Å². The summed E-state index contributed by atoms with van der Waals surface area (Å²) in [6.07, 6.45) is 1.70. The third kappa shape index (κ3) is 3.57. The molecular weight excluding hydrogens is 416 g/mol. The molecule has 2 aromatic carbocycles. The molecule has 2 atom stereocenters. The van der Waals surface area contributed by atoms with Crippen LogP contribution in [0.25, 0.3) is 11.3 Å². The predicted molar refractivity (Wildman–Crippen MR) is 118 cm³/mol. The van der Waals surface area contributed by atoms with Gasteiger partial charge in [0.05, 0.1) is 17.4 Å². The van der Waals surface area contributed by atoms with E-state index in [0.717, 1.165) is 11.3 Å². The second-order valence-electron chi connectivity index (χ2n) is 7.16. The SMILES string of the molecule is Fc1ccc(-c2ccc([C@H]3[C@@H](c4ccccn4)NC(=S)N3c3ccccc3F)o2)cc1. The van der Waals surface area contributed by atoms with E-state index in [0.29, 0.717) is 22.3 Å². The number of aromatic nitrogens is 1. The van der Waals surface area contributed by atoms with Crippen LogP contribution >= 0.6 is 12.2 Å². The number of furan rings is 1. The number of hydrogen-bond donors (Lipinski definition) is 1. The molecule has 4 nitrogen and oxygen atoms in total. The van der Waals surface area contributed by atoms with Gasteiger partial charge in [0.25, 0.3) is 0 Å². The molecule has 0 radical (unpaired) electrons. The van der Waals surface area contributed by atoms with Crippen LogP contribution in [0.2, 0.25) is 0 Å². The van der Waals surface area contributed by atoms with E-state index in [9.17, 15) is 8.78 Å². The molecule has 3 heterocycles. The van der Waals surface area contributed by atoms with Crippen molar-refractivity contribution in [2.24, 2.45) is 0 Å². The Morgan fingerprint density at radius 2 is 1.68 bits per heavy atom. The average Bonchev–Trinajstić information content (AvgIpc) is 3.40. The van der Waals surface area contributed by atoms with Gasteiger partial charge in [-0.15, -0.1) is 0 Å². The summed E-state index contributed by atoms with van der Waals surface area (Å²) in [4.78, 5) is 6.19. The Kier molecular flexibility index (Phi) is 4.95. The van der Waals surface area contributed by atoms with Crippen molar-refractivity contribution < 1.29 is 13.2 Å². The van der Waals surface area contributed by atoms with E-state index in [-0.39, 0.29) is 17.7 Å². The fourth-order valence-corrected chi connectivity index (χ4v) is 4.17. The molecule has 1 aliphatic rings. The maximum atomic E-state index is 14.7. The van der Waals surface area contributed by atoms with Gasteiger partial charge in [-0.1, -0.05) is 18.2 Å².